The van der Waals surface area contributed by atoms with E-state index in [0.717, 1.165) is 16.6 Å². The second-order valence-corrected chi connectivity index (χ2v) is 6.97. The van der Waals surface area contributed by atoms with Crippen molar-refractivity contribution in [1.82, 2.24) is 4.31 Å². The molecule has 1 aromatic carbocycles. The number of halogens is 2. The maximum atomic E-state index is 13.0. The first-order chi connectivity index (χ1) is 10.2. The highest BCUT2D eigenvalue weighted by molar-refractivity contribution is 7.88. The van der Waals surface area contributed by atoms with Crippen LogP contribution in [0.15, 0.2) is 18.2 Å². The molecule has 0 spiro atoms. The van der Waals surface area contributed by atoms with Crippen LogP contribution >= 0.6 is 11.6 Å². The van der Waals surface area contributed by atoms with Crippen LogP contribution in [0.1, 0.15) is 6.42 Å². The number of hydrogen-bond donors (Lipinski definition) is 1. The fraction of sp³-hybridized carbons (Fsp3) is 0.462. The number of carbonyl (C=O) groups is 1. The molecule has 1 N–H and O–H groups in total. The van der Waals surface area contributed by atoms with Crippen LogP contribution in [0, 0.1) is 5.82 Å². The first-order valence-corrected chi connectivity index (χ1v) is 8.65. The smallest absolute Gasteiger partial charge is 0.225 e. The van der Waals surface area contributed by atoms with Crippen molar-refractivity contribution in [2.24, 2.45) is 0 Å². The number of nitrogens with one attached hydrogen (secondary N) is 1. The predicted octanol–water partition coefficient (Wildman–Crippen LogP) is 1.72. The van der Waals surface area contributed by atoms with Gasteiger partial charge in [-0.3, -0.25) is 4.79 Å². The number of benzene rings is 1. The van der Waals surface area contributed by atoms with Gasteiger partial charge >= 0.3 is 0 Å². The van der Waals surface area contributed by atoms with Crippen molar-refractivity contribution in [3.63, 3.8) is 0 Å². The summed E-state index contributed by atoms with van der Waals surface area (Å²) in [4.78, 5) is 11.8. The number of rotatable bonds is 8. The van der Waals surface area contributed by atoms with Crippen molar-refractivity contribution < 1.29 is 22.3 Å². The summed E-state index contributed by atoms with van der Waals surface area (Å²) in [5.74, 6) is -0.976. The van der Waals surface area contributed by atoms with Gasteiger partial charge in [-0.1, -0.05) is 11.6 Å². The van der Waals surface area contributed by atoms with Gasteiger partial charge in [0.15, 0.2) is 0 Å². The Morgan fingerprint density at radius 1 is 1.41 bits per heavy atom. The molecule has 0 aliphatic heterocycles. The Labute approximate surface area is 134 Å². The molecule has 0 aromatic heterocycles. The molecule has 0 aliphatic carbocycles. The van der Waals surface area contributed by atoms with E-state index in [9.17, 15) is 17.6 Å². The number of ether oxygens (including phenoxy) is 1. The van der Waals surface area contributed by atoms with Crippen LogP contribution in [0.25, 0.3) is 0 Å². The first-order valence-electron chi connectivity index (χ1n) is 6.43. The summed E-state index contributed by atoms with van der Waals surface area (Å²) in [5.41, 5.74) is 0.346. The highest BCUT2D eigenvalue weighted by Gasteiger charge is 2.17. The Hall–Kier alpha value is -1.22. The van der Waals surface area contributed by atoms with Crippen LogP contribution in [0.5, 0.6) is 0 Å². The number of amides is 1. The highest BCUT2D eigenvalue weighted by Crippen LogP contribution is 2.19. The van der Waals surface area contributed by atoms with Crippen molar-refractivity contribution in [1.29, 1.82) is 0 Å². The van der Waals surface area contributed by atoms with E-state index in [0.29, 0.717) is 5.69 Å². The second-order valence-electron chi connectivity index (χ2n) is 4.58. The van der Waals surface area contributed by atoms with E-state index >= 15 is 0 Å². The third-order valence-electron chi connectivity index (χ3n) is 2.81. The molecule has 124 valence electrons. The maximum Gasteiger partial charge on any atom is 0.225 e. The Bertz CT molecular complexity index is 624. The summed E-state index contributed by atoms with van der Waals surface area (Å²) in [6, 6.07) is 3.80. The van der Waals surface area contributed by atoms with Gasteiger partial charge in [0.2, 0.25) is 15.9 Å². The lowest BCUT2D eigenvalue weighted by atomic mass is 10.3. The van der Waals surface area contributed by atoms with Crippen LogP contribution in [-0.2, 0) is 19.6 Å². The number of sulfonamides is 1. The van der Waals surface area contributed by atoms with Crippen molar-refractivity contribution in [3.05, 3.63) is 29.0 Å². The van der Waals surface area contributed by atoms with Crippen LogP contribution < -0.4 is 5.32 Å². The molecule has 0 atom stereocenters. The molecular weight excluding hydrogens is 335 g/mol. The Morgan fingerprint density at radius 3 is 2.64 bits per heavy atom. The topological polar surface area (TPSA) is 75.7 Å². The summed E-state index contributed by atoms with van der Waals surface area (Å²) < 4.78 is 42.1. The number of nitrogens with zero attached hydrogens (tertiary/aromatic N) is 1. The lowest BCUT2D eigenvalue weighted by Crippen LogP contribution is -2.35. The molecule has 0 aliphatic rings. The van der Waals surface area contributed by atoms with Gasteiger partial charge in [-0.05, 0) is 18.2 Å². The summed E-state index contributed by atoms with van der Waals surface area (Å²) >= 11 is 5.61. The van der Waals surface area contributed by atoms with Crippen LogP contribution in [0.4, 0.5) is 10.1 Å². The molecule has 6 nitrogen and oxygen atoms in total. The van der Waals surface area contributed by atoms with Crippen LogP contribution in [-0.4, -0.2) is 51.7 Å². The minimum absolute atomic E-state index is 0.0307. The zero-order chi connectivity index (χ0) is 16.8. The number of anilines is 1. The normalized spacial score (nSPS) is 11.7. The molecule has 0 radical (unpaired) electrons. The van der Waals surface area contributed by atoms with Gasteiger partial charge in [0.05, 0.1) is 17.9 Å². The lowest BCUT2D eigenvalue weighted by Gasteiger charge is -2.19. The van der Waals surface area contributed by atoms with Crippen LogP contribution in [0.2, 0.25) is 5.02 Å². The zero-order valence-electron chi connectivity index (χ0n) is 12.3. The van der Waals surface area contributed by atoms with Crippen molar-refractivity contribution in [2.45, 2.75) is 6.42 Å². The molecule has 9 heteroatoms. The van der Waals surface area contributed by atoms with Gasteiger partial charge in [0.1, 0.15) is 5.82 Å². The average Bonchev–Trinajstić information content (AvgIpc) is 2.41. The summed E-state index contributed by atoms with van der Waals surface area (Å²) in [7, 11) is -1.95. The molecule has 22 heavy (non-hydrogen) atoms. The molecule has 0 bridgehead atoms. The standard InChI is InChI=1S/C13H18ClFN2O4S/c1-21-8-7-17(22(2,19)20)6-5-13(18)16-10-3-4-12(15)11(14)9-10/h3-4,9H,5-8H2,1-2H3,(H,16,18). The summed E-state index contributed by atoms with van der Waals surface area (Å²) in [6.07, 6.45) is 1.03. The number of carbonyl (C=O) groups excluding carboxylic acids is 1. The van der Waals surface area contributed by atoms with E-state index in [1.807, 2.05) is 0 Å². The third-order valence-corrected chi connectivity index (χ3v) is 4.40. The fourth-order valence-electron chi connectivity index (χ4n) is 1.66. The van der Waals surface area contributed by atoms with Gasteiger partial charge in [0, 0.05) is 32.3 Å². The monoisotopic (exact) mass is 352 g/mol. The van der Waals surface area contributed by atoms with E-state index in [2.05, 4.69) is 5.32 Å². The Morgan fingerprint density at radius 2 is 2.09 bits per heavy atom. The van der Waals surface area contributed by atoms with Crippen molar-refractivity contribution in [3.8, 4) is 0 Å². The number of methoxy groups -OCH3 is 1. The summed E-state index contributed by atoms with van der Waals surface area (Å²) in [6.45, 7) is 0.441. The van der Waals surface area contributed by atoms with E-state index in [-0.39, 0.29) is 31.1 Å². The Balaban J connectivity index is 2.58. The minimum atomic E-state index is -3.42. The quantitative estimate of drug-likeness (QED) is 0.773. The largest absolute Gasteiger partial charge is 0.383 e. The van der Waals surface area contributed by atoms with E-state index in [1.165, 1.54) is 19.2 Å². The van der Waals surface area contributed by atoms with E-state index in [4.69, 9.17) is 16.3 Å². The van der Waals surface area contributed by atoms with Crippen molar-refractivity contribution >= 4 is 33.2 Å². The molecule has 0 unspecified atom stereocenters. The first kappa shape index (κ1) is 18.8. The average molecular weight is 353 g/mol. The Kier molecular flexibility index (Phi) is 7.21. The fourth-order valence-corrected chi connectivity index (χ4v) is 2.67. The van der Waals surface area contributed by atoms with Gasteiger partial charge < -0.3 is 10.1 Å². The van der Waals surface area contributed by atoms with Crippen molar-refractivity contribution in [2.75, 3.05) is 38.4 Å². The molecule has 0 fully saturated rings. The molecule has 1 amide bonds. The SMILES string of the molecule is COCCN(CCC(=O)Nc1ccc(F)c(Cl)c1)S(C)(=O)=O. The zero-order valence-corrected chi connectivity index (χ0v) is 13.9. The predicted molar refractivity (Wildman–Crippen MR) is 82.9 cm³/mol. The van der Waals surface area contributed by atoms with Gasteiger partial charge in [-0.15, -0.1) is 0 Å². The summed E-state index contributed by atoms with van der Waals surface area (Å²) in [5, 5.41) is 2.43. The minimum Gasteiger partial charge on any atom is -0.383 e. The molecule has 1 rings (SSSR count). The van der Waals surface area contributed by atoms with Crippen LogP contribution in [0.3, 0.4) is 0 Å². The number of hydrogen-bond acceptors (Lipinski definition) is 4. The van der Waals surface area contributed by atoms with E-state index in [1.54, 1.807) is 0 Å². The second kappa shape index (κ2) is 8.42. The highest BCUT2D eigenvalue weighted by atomic mass is 35.5. The third kappa shape index (κ3) is 6.27. The van der Waals surface area contributed by atoms with Gasteiger partial charge in [0.25, 0.3) is 0 Å². The molecule has 0 saturated heterocycles. The lowest BCUT2D eigenvalue weighted by molar-refractivity contribution is -0.116. The van der Waals surface area contributed by atoms with Gasteiger partial charge in [-0.2, -0.15) is 4.31 Å². The molecule has 0 heterocycles. The molecule has 1 aromatic rings. The van der Waals surface area contributed by atoms with Gasteiger partial charge in [-0.25, -0.2) is 12.8 Å². The molecule has 0 saturated carbocycles. The maximum absolute atomic E-state index is 13.0. The molecular formula is C13H18ClFN2O4S. The van der Waals surface area contributed by atoms with E-state index < -0.39 is 21.7 Å².